The first kappa shape index (κ1) is 19.5. The molecule has 0 spiro atoms. The molecule has 1 saturated carbocycles. The fourth-order valence-electron chi connectivity index (χ4n) is 4.01. The predicted molar refractivity (Wildman–Crippen MR) is 122 cm³/mol. The van der Waals surface area contributed by atoms with Gasteiger partial charge in [0, 0.05) is 15.7 Å². The van der Waals surface area contributed by atoms with Gasteiger partial charge in [-0.1, -0.05) is 23.9 Å². The van der Waals surface area contributed by atoms with E-state index >= 15 is 0 Å². The molecule has 4 heterocycles. The predicted octanol–water partition coefficient (Wildman–Crippen LogP) is 4.43. The standard InChI is InChI=1S/C20H20N6OS3/c21-19-22-20(24-23-19)30-11-16(27)26-18(15-7-3-9-29-15)14-6-1-4-12(17(14)25-26)10-13-5-2-8-28-13/h2-3,5,7-10,14,18H,1,4,6,11H2,(H3,21,22,23,24)/b12-10-. The van der Waals surface area contributed by atoms with E-state index in [9.17, 15) is 4.79 Å². The van der Waals surface area contributed by atoms with E-state index in [1.807, 2.05) is 6.07 Å². The lowest BCUT2D eigenvalue weighted by Gasteiger charge is -2.28. The number of hydrogen-bond donors (Lipinski definition) is 2. The quantitative estimate of drug-likeness (QED) is 0.553. The van der Waals surface area contributed by atoms with E-state index in [1.165, 1.54) is 27.1 Å². The van der Waals surface area contributed by atoms with Crippen molar-refractivity contribution in [1.29, 1.82) is 0 Å². The summed E-state index contributed by atoms with van der Waals surface area (Å²) in [4.78, 5) is 19.7. The molecule has 2 unspecified atom stereocenters. The van der Waals surface area contributed by atoms with Gasteiger partial charge in [-0.3, -0.25) is 4.79 Å². The molecule has 0 aromatic carbocycles. The summed E-state index contributed by atoms with van der Waals surface area (Å²) in [6.07, 6.45) is 5.38. The highest BCUT2D eigenvalue weighted by molar-refractivity contribution is 7.99. The van der Waals surface area contributed by atoms with Crippen molar-refractivity contribution in [3.05, 3.63) is 50.4 Å². The van der Waals surface area contributed by atoms with Crippen LogP contribution < -0.4 is 5.73 Å². The summed E-state index contributed by atoms with van der Waals surface area (Å²) in [5.74, 6) is 0.653. The number of aromatic amines is 1. The molecule has 1 amide bonds. The van der Waals surface area contributed by atoms with Gasteiger partial charge in [0.05, 0.1) is 17.5 Å². The highest BCUT2D eigenvalue weighted by atomic mass is 32.2. The van der Waals surface area contributed by atoms with Crippen LogP contribution in [0.3, 0.4) is 0 Å². The van der Waals surface area contributed by atoms with Crippen LogP contribution >= 0.6 is 34.4 Å². The molecule has 154 valence electrons. The van der Waals surface area contributed by atoms with E-state index in [0.717, 1.165) is 25.0 Å². The molecule has 30 heavy (non-hydrogen) atoms. The number of aromatic nitrogens is 3. The number of anilines is 1. The third kappa shape index (κ3) is 3.82. The molecule has 2 aliphatic rings. The Morgan fingerprint density at radius 1 is 1.33 bits per heavy atom. The Labute approximate surface area is 186 Å². The normalized spacial score (nSPS) is 22.3. The number of nitrogens with zero attached hydrogens (tertiary/aromatic N) is 4. The van der Waals surface area contributed by atoms with Crippen LogP contribution in [0.2, 0.25) is 0 Å². The van der Waals surface area contributed by atoms with Gasteiger partial charge in [0.1, 0.15) is 0 Å². The largest absolute Gasteiger partial charge is 0.368 e. The zero-order valence-corrected chi connectivity index (χ0v) is 18.5. The van der Waals surface area contributed by atoms with Crippen LogP contribution in [0.4, 0.5) is 5.95 Å². The number of amides is 1. The third-order valence-corrected chi connectivity index (χ3v) is 7.85. The van der Waals surface area contributed by atoms with Crippen molar-refractivity contribution in [3.63, 3.8) is 0 Å². The number of hydrogen-bond acceptors (Lipinski definition) is 8. The second-order valence-corrected chi connectivity index (χ2v) is 10.1. The SMILES string of the molecule is Nc1nc(SCC(=O)N2N=C3/C(=C\c4cccs4)CCCC3C2c2cccs2)n[nH]1. The molecule has 0 bridgehead atoms. The Morgan fingerprint density at radius 3 is 2.93 bits per heavy atom. The summed E-state index contributed by atoms with van der Waals surface area (Å²) in [7, 11) is 0. The lowest BCUT2D eigenvalue weighted by atomic mass is 9.79. The monoisotopic (exact) mass is 456 g/mol. The van der Waals surface area contributed by atoms with Crippen LogP contribution in [0.15, 0.2) is 50.9 Å². The van der Waals surface area contributed by atoms with Crippen molar-refractivity contribution in [1.82, 2.24) is 20.2 Å². The molecule has 2 atom stereocenters. The van der Waals surface area contributed by atoms with E-state index in [-0.39, 0.29) is 29.6 Å². The van der Waals surface area contributed by atoms with E-state index in [4.69, 9.17) is 10.8 Å². The van der Waals surface area contributed by atoms with Gasteiger partial charge < -0.3 is 5.73 Å². The maximum atomic E-state index is 13.2. The number of nitrogens with one attached hydrogen (secondary N) is 1. The number of carbonyl (C=O) groups excluding carboxylic acids is 1. The van der Waals surface area contributed by atoms with E-state index in [1.54, 1.807) is 27.7 Å². The first-order valence-electron chi connectivity index (χ1n) is 9.68. The van der Waals surface area contributed by atoms with E-state index < -0.39 is 0 Å². The van der Waals surface area contributed by atoms with Gasteiger partial charge in [-0.15, -0.1) is 27.8 Å². The molecule has 1 aliphatic carbocycles. The van der Waals surface area contributed by atoms with Crippen LogP contribution in [-0.2, 0) is 4.79 Å². The van der Waals surface area contributed by atoms with Crippen LogP contribution in [0, 0.1) is 5.92 Å². The summed E-state index contributed by atoms with van der Waals surface area (Å²) in [5, 5.41) is 17.8. The van der Waals surface area contributed by atoms with Crippen molar-refractivity contribution in [3.8, 4) is 0 Å². The Morgan fingerprint density at radius 2 is 2.20 bits per heavy atom. The molecule has 1 fully saturated rings. The van der Waals surface area contributed by atoms with Crippen LogP contribution in [0.1, 0.15) is 35.1 Å². The summed E-state index contributed by atoms with van der Waals surface area (Å²) >= 11 is 4.68. The van der Waals surface area contributed by atoms with Crippen molar-refractivity contribution in [2.45, 2.75) is 30.5 Å². The van der Waals surface area contributed by atoms with Crippen molar-refractivity contribution < 1.29 is 4.79 Å². The van der Waals surface area contributed by atoms with Crippen molar-refractivity contribution in [2.75, 3.05) is 11.5 Å². The molecule has 1 aliphatic heterocycles. The second-order valence-electron chi connectivity index (χ2n) is 7.16. The number of fused-ring (bicyclic) bond motifs is 1. The van der Waals surface area contributed by atoms with Gasteiger partial charge in [0.25, 0.3) is 5.91 Å². The highest BCUT2D eigenvalue weighted by Crippen LogP contribution is 2.45. The highest BCUT2D eigenvalue weighted by Gasteiger charge is 2.44. The number of allylic oxidation sites excluding steroid dienone is 1. The topological polar surface area (TPSA) is 100 Å². The summed E-state index contributed by atoms with van der Waals surface area (Å²) in [6, 6.07) is 8.28. The molecule has 3 aromatic heterocycles. The van der Waals surface area contributed by atoms with Crippen LogP contribution in [0.5, 0.6) is 0 Å². The first-order chi connectivity index (χ1) is 14.7. The summed E-state index contributed by atoms with van der Waals surface area (Å²) < 4.78 is 0. The minimum absolute atomic E-state index is 0.0425. The lowest BCUT2D eigenvalue weighted by Crippen LogP contribution is -2.32. The van der Waals surface area contributed by atoms with Gasteiger partial charge in [-0.2, -0.15) is 10.1 Å². The van der Waals surface area contributed by atoms with Crippen LogP contribution in [-0.4, -0.2) is 37.6 Å². The van der Waals surface area contributed by atoms with E-state index in [2.05, 4.69) is 50.2 Å². The average Bonchev–Trinajstić information content (AvgIpc) is 3.52. The molecule has 3 N–H and O–H groups in total. The van der Waals surface area contributed by atoms with Crippen LogP contribution in [0.25, 0.3) is 6.08 Å². The molecular formula is C20H20N6OS3. The number of thiophene rings is 2. The van der Waals surface area contributed by atoms with Gasteiger partial charge in [0.2, 0.25) is 11.1 Å². The number of carbonyl (C=O) groups is 1. The maximum absolute atomic E-state index is 13.2. The van der Waals surface area contributed by atoms with E-state index in [0.29, 0.717) is 5.16 Å². The molecule has 5 rings (SSSR count). The van der Waals surface area contributed by atoms with Gasteiger partial charge in [-0.25, -0.2) is 10.1 Å². The second kappa shape index (κ2) is 8.37. The average molecular weight is 457 g/mol. The Kier molecular flexibility index (Phi) is 5.45. The molecule has 3 aromatic rings. The fourth-order valence-corrected chi connectivity index (χ4v) is 6.22. The fraction of sp³-hybridized carbons (Fsp3) is 0.300. The van der Waals surface area contributed by atoms with Gasteiger partial charge in [-0.05, 0) is 53.8 Å². The molecule has 7 nitrogen and oxygen atoms in total. The molecule has 0 radical (unpaired) electrons. The zero-order chi connectivity index (χ0) is 20.5. The number of nitrogen functional groups attached to an aromatic ring is 1. The number of hydrazone groups is 1. The minimum atomic E-state index is -0.0441. The number of H-pyrrole nitrogens is 1. The smallest absolute Gasteiger partial charge is 0.253 e. The number of rotatable bonds is 5. The molecule has 10 heteroatoms. The lowest BCUT2D eigenvalue weighted by molar-refractivity contribution is -0.130. The zero-order valence-electron chi connectivity index (χ0n) is 16.0. The number of nitrogens with two attached hydrogens (primary N) is 1. The number of thioether (sulfide) groups is 1. The molecular weight excluding hydrogens is 436 g/mol. The summed E-state index contributed by atoms with van der Waals surface area (Å²) in [6.45, 7) is 0. The minimum Gasteiger partial charge on any atom is -0.368 e. The Balaban J connectivity index is 1.44. The van der Waals surface area contributed by atoms with Crippen molar-refractivity contribution in [2.24, 2.45) is 11.0 Å². The Hall–Kier alpha value is -2.43. The maximum Gasteiger partial charge on any atom is 0.253 e. The first-order valence-corrected chi connectivity index (χ1v) is 12.4. The van der Waals surface area contributed by atoms with Gasteiger partial charge >= 0.3 is 0 Å². The summed E-state index contributed by atoms with van der Waals surface area (Å²) in [5.41, 5.74) is 7.89. The third-order valence-electron chi connectivity index (χ3n) is 5.26. The van der Waals surface area contributed by atoms with Crippen molar-refractivity contribution >= 4 is 58.1 Å². The Bertz CT molecular complexity index is 1090. The molecule has 0 saturated heterocycles. The van der Waals surface area contributed by atoms with Gasteiger partial charge in [0.15, 0.2) is 0 Å².